The fourth-order valence-electron chi connectivity index (χ4n) is 2.19. The second kappa shape index (κ2) is 5.21. The molecule has 5 nitrogen and oxygen atoms in total. The normalized spacial score (nSPS) is 12.4. The minimum absolute atomic E-state index is 0.0722. The second-order valence-electron chi connectivity index (χ2n) is 4.67. The fraction of sp³-hybridized carbons (Fsp3) is 0.200. The molecule has 0 radical (unpaired) electrons. The zero-order valence-corrected chi connectivity index (χ0v) is 11.1. The average Bonchev–Trinajstić information content (AvgIpc) is 3.09. The number of aromatic nitrogens is 2. The molecule has 1 unspecified atom stereocenters. The van der Waals surface area contributed by atoms with E-state index in [4.69, 9.17) is 4.42 Å². The molecule has 0 fully saturated rings. The number of hydrogen-bond acceptors (Lipinski definition) is 3. The standard InChI is InChI=1S/C15H15N3O2/c1-11(14-7-4-8-20-14)17-15(19)9-18-10-16-12-5-2-3-6-13(12)18/h2-8,10-11H,9H2,1H3,(H,17,19). The van der Waals surface area contributed by atoms with E-state index >= 15 is 0 Å². The van der Waals surface area contributed by atoms with Crippen LogP contribution in [0.2, 0.25) is 0 Å². The first-order valence-electron chi connectivity index (χ1n) is 6.46. The molecule has 0 spiro atoms. The number of carbonyl (C=O) groups is 1. The van der Waals surface area contributed by atoms with Crippen molar-refractivity contribution < 1.29 is 9.21 Å². The average molecular weight is 269 g/mol. The van der Waals surface area contributed by atoms with Crippen LogP contribution in [0.3, 0.4) is 0 Å². The number of furan rings is 1. The van der Waals surface area contributed by atoms with Crippen molar-refractivity contribution in [3.63, 3.8) is 0 Å². The van der Waals surface area contributed by atoms with Gasteiger partial charge in [0.15, 0.2) is 0 Å². The van der Waals surface area contributed by atoms with Gasteiger partial charge in [0, 0.05) is 0 Å². The molecule has 2 heterocycles. The number of benzene rings is 1. The Morgan fingerprint density at radius 2 is 2.20 bits per heavy atom. The van der Waals surface area contributed by atoms with Gasteiger partial charge in [0.1, 0.15) is 12.3 Å². The number of para-hydroxylation sites is 2. The predicted octanol–water partition coefficient (Wildman–Crippen LogP) is 2.51. The smallest absolute Gasteiger partial charge is 0.240 e. The Hall–Kier alpha value is -2.56. The summed E-state index contributed by atoms with van der Waals surface area (Å²) >= 11 is 0. The number of amides is 1. The highest BCUT2D eigenvalue weighted by molar-refractivity contribution is 5.80. The van der Waals surface area contributed by atoms with E-state index in [1.165, 1.54) is 0 Å². The van der Waals surface area contributed by atoms with Crippen LogP contribution in [0.4, 0.5) is 0 Å². The number of imidazole rings is 1. The molecule has 1 atom stereocenters. The van der Waals surface area contributed by atoms with Gasteiger partial charge in [-0.25, -0.2) is 4.98 Å². The SMILES string of the molecule is CC(NC(=O)Cn1cnc2ccccc21)c1ccco1. The quantitative estimate of drug-likeness (QED) is 0.791. The number of rotatable bonds is 4. The van der Waals surface area contributed by atoms with Gasteiger partial charge in [-0.2, -0.15) is 0 Å². The lowest BCUT2D eigenvalue weighted by Gasteiger charge is -2.12. The first-order valence-corrected chi connectivity index (χ1v) is 6.46. The lowest BCUT2D eigenvalue weighted by molar-refractivity contribution is -0.122. The summed E-state index contributed by atoms with van der Waals surface area (Å²) in [7, 11) is 0. The van der Waals surface area contributed by atoms with Crippen LogP contribution < -0.4 is 5.32 Å². The third-order valence-electron chi connectivity index (χ3n) is 3.19. The van der Waals surface area contributed by atoms with Crippen LogP contribution in [0.25, 0.3) is 11.0 Å². The summed E-state index contributed by atoms with van der Waals surface area (Å²) in [5, 5.41) is 2.90. The molecule has 1 N–H and O–H groups in total. The summed E-state index contributed by atoms with van der Waals surface area (Å²) in [6.07, 6.45) is 3.28. The number of carbonyl (C=O) groups excluding carboxylic acids is 1. The van der Waals surface area contributed by atoms with Gasteiger partial charge < -0.3 is 14.3 Å². The molecule has 0 saturated carbocycles. The van der Waals surface area contributed by atoms with Crippen LogP contribution in [0, 0.1) is 0 Å². The maximum absolute atomic E-state index is 12.1. The third-order valence-corrected chi connectivity index (χ3v) is 3.19. The Morgan fingerprint density at radius 1 is 1.35 bits per heavy atom. The van der Waals surface area contributed by atoms with Gasteiger partial charge in [-0.05, 0) is 31.2 Å². The number of fused-ring (bicyclic) bond motifs is 1. The van der Waals surface area contributed by atoms with Crippen LogP contribution in [-0.2, 0) is 11.3 Å². The molecule has 0 aliphatic rings. The minimum atomic E-state index is -0.146. The first kappa shape index (κ1) is 12.5. The van der Waals surface area contributed by atoms with Crippen LogP contribution in [0.15, 0.2) is 53.4 Å². The van der Waals surface area contributed by atoms with Gasteiger partial charge in [-0.3, -0.25) is 4.79 Å². The Balaban J connectivity index is 1.70. The first-order chi connectivity index (χ1) is 9.74. The van der Waals surface area contributed by atoms with E-state index in [9.17, 15) is 4.79 Å². The molecule has 0 saturated heterocycles. The van der Waals surface area contributed by atoms with E-state index in [0.29, 0.717) is 0 Å². The van der Waals surface area contributed by atoms with Crippen LogP contribution in [0.5, 0.6) is 0 Å². The molecular formula is C15H15N3O2. The highest BCUT2D eigenvalue weighted by atomic mass is 16.3. The lowest BCUT2D eigenvalue weighted by Crippen LogP contribution is -2.29. The molecule has 0 aliphatic heterocycles. The van der Waals surface area contributed by atoms with Crippen molar-refractivity contribution in [3.05, 3.63) is 54.7 Å². The van der Waals surface area contributed by atoms with Crippen LogP contribution in [0.1, 0.15) is 18.7 Å². The van der Waals surface area contributed by atoms with E-state index in [-0.39, 0.29) is 18.5 Å². The van der Waals surface area contributed by atoms with E-state index in [1.54, 1.807) is 18.7 Å². The van der Waals surface area contributed by atoms with Crippen molar-refractivity contribution in [2.75, 3.05) is 0 Å². The van der Waals surface area contributed by atoms with Crippen molar-refractivity contribution in [2.45, 2.75) is 19.5 Å². The van der Waals surface area contributed by atoms with Crippen molar-refractivity contribution in [1.82, 2.24) is 14.9 Å². The monoisotopic (exact) mass is 269 g/mol. The maximum atomic E-state index is 12.1. The Labute approximate surface area is 116 Å². The topological polar surface area (TPSA) is 60.1 Å². The molecule has 0 bridgehead atoms. The van der Waals surface area contributed by atoms with Gasteiger partial charge in [0.05, 0.1) is 29.7 Å². The minimum Gasteiger partial charge on any atom is -0.467 e. The van der Waals surface area contributed by atoms with Crippen LogP contribution >= 0.6 is 0 Å². The molecule has 2 aromatic heterocycles. The largest absolute Gasteiger partial charge is 0.467 e. The van der Waals surface area contributed by atoms with E-state index in [1.807, 2.05) is 41.8 Å². The molecule has 3 rings (SSSR count). The zero-order chi connectivity index (χ0) is 13.9. The molecule has 1 amide bonds. The molecule has 102 valence electrons. The van der Waals surface area contributed by atoms with Gasteiger partial charge in [0.2, 0.25) is 5.91 Å². The second-order valence-corrected chi connectivity index (χ2v) is 4.67. The molecule has 0 aliphatic carbocycles. The van der Waals surface area contributed by atoms with E-state index in [0.717, 1.165) is 16.8 Å². The zero-order valence-electron chi connectivity index (χ0n) is 11.1. The number of nitrogens with one attached hydrogen (secondary N) is 1. The maximum Gasteiger partial charge on any atom is 0.240 e. The molecule has 3 aromatic rings. The lowest BCUT2D eigenvalue weighted by atomic mass is 10.2. The van der Waals surface area contributed by atoms with Gasteiger partial charge in [0.25, 0.3) is 0 Å². The molecule has 1 aromatic carbocycles. The summed E-state index contributed by atoms with van der Waals surface area (Å²) in [5.74, 6) is 0.672. The number of nitrogens with zero attached hydrogens (tertiary/aromatic N) is 2. The van der Waals surface area contributed by atoms with Crippen LogP contribution in [-0.4, -0.2) is 15.5 Å². The van der Waals surface area contributed by atoms with E-state index in [2.05, 4.69) is 10.3 Å². The summed E-state index contributed by atoms with van der Waals surface area (Å²) < 4.78 is 7.10. The van der Waals surface area contributed by atoms with Crippen molar-refractivity contribution in [1.29, 1.82) is 0 Å². The third kappa shape index (κ3) is 2.42. The summed E-state index contributed by atoms with van der Waals surface area (Å²) in [6, 6.07) is 11.2. The summed E-state index contributed by atoms with van der Waals surface area (Å²) in [4.78, 5) is 16.3. The molecule has 20 heavy (non-hydrogen) atoms. The van der Waals surface area contributed by atoms with Gasteiger partial charge in [-0.15, -0.1) is 0 Å². The molecule has 5 heteroatoms. The Kier molecular flexibility index (Phi) is 3.25. The summed E-state index contributed by atoms with van der Waals surface area (Å²) in [5.41, 5.74) is 1.84. The van der Waals surface area contributed by atoms with Gasteiger partial charge >= 0.3 is 0 Å². The molecular weight excluding hydrogens is 254 g/mol. The highest BCUT2D eigenvalue weighted by Crippen LogP contribution is 2.14. The van der Waals surface area contributed by atoms with E-state index < -0.39 is 0 Å². The fourth-order valence-corrected chi connectivity index (χ4v) is 2.19. The Morgan fingerprint density at radius 3 is 3.00 bits per heavy atom. The highest BCUT2D eigenvalue weighted by Gasteiger charge is 2.13. The van der Waals surface area contributed by atoms with Crippen molar-refractivity contribution in [2.24, 2.45) is 0 Å². The van der Waals surface area contributed by atoms with Crippen molar-refractivity contribution in [3.8, 4) is 0 Å². The van der Waals surface area contributed by atoms with Crippen molar-refractivity contribution >= 4 is 16.9 Å². The van der Waals surface area contributed by atoms with Gasteiger partial charge in [-0.1, -0.05) is 12.1 Å². The Bertz CT molecular complexity index is 716. The number of hydrogen-bond donors (Lipinski definition) is 1. The predicted molar refractivity (Wildman–Crippen MR) is 75.0 cm³/mol. The summed E-state index contributed by atoms with van der Waals surface area (Å²) in [6.45, 7) is 2.13.